The quantitative estimate of drug-likeness (QED) is 0.590. The third-order valence-electron chi connectivity index (χ3n) is 4.31. The number of amides is 2. The molecule has 6 heteroatoms. The number of hydrogen-bond donors (Lipinski definition) is 2. The van der Waals surface area contributed by atoms with Crippen molar-refractivity contribution in [2.45, 2.75) is 6.92 Å². The Bertz CT molecular complexity index is 1120. The van der Waals surface area contributed by atoms with Crippen molar-refractivity contribution in [3.63, 3.8) is 0 Å². The van der Waals surface area contributed by atoms with E-state index in [1.807, 2.05) is 0 Å². The minimum atomic E-state index is -0.637. The molecule has 0 heterocycles. The lowest BCUT2D eigenvalue weighted by Gasteiger charge is -2.14. The van der Waals surface area contributed by atoms with E-state index < -0.39 is 17.6 Å². The predicted octanol–water partition coefficient (Wildman–Crippen LogP) is 4.65. The number of anilines is 2. The second kappa shape index (κ2) is 9.39. The van der Waals surface area contributed by atoms with Crippen LogP contribution in [-0.2, 0) is 0 Å². The van der Waals surface area contributed by atoms with E-state index in [9.17, 15) is 14.0 Å². The Balaban J connectivity index is 1.80. The van der Waals surface area contributed by atoms with E-state index in [-0.39, 0.29) is 17.7 Å². The number of rotatable bonds is 6. The average molecular weight is 402 g/mol. The number of carbonyl (C=O) groups excluding carboxylic acids is 2. The number of aryl methyl sites for hydroxylation is 1. The molecule has 3 aromatic carbocycles. The van der Waals surface area contributed by atoms with Gasteiger partial charge >= 0.3 is 0 Å². The van der Waals surface area contributed by atoms with Crippen molar-refractivity contribution in [2.75, 3.05) is 17.2 Å². The van der Waals surface area contributed by atoms with Crippen molar-refractivity contribution in [3.05, 3.63) is 89.2 Å². The topological polar surface area (TPSA) is 67.4 Å². The second-order valence-corrected chi connectivity index (χ2v) is 6.40. The van der Waals surface area contributed by atoms with E-state index in [0.29, 0.717) is 22.7 Å². The Morgan fingerprint density at radius 1 is 0.933 bits per heavy atom. The number of terminal acetylenes is 1. The minimum absolute atomic E-state index is 0.102. The smallest absolute Gasteiger partial charge is 0.258 e. The summed E-state index contributed by atoms with van der Waals surface area (Å²) in [5.41, 5.74) is 1.69. The number of ether oxygens (including phenoxy) is 1. The van der Waals surface area contributed by atoms with Gasteiger partial charge in [-0.15, -0.1) is 6.42 Å². The van der Waals surface area contributed by atoms with Gasteiger partial charge in [0.15, 0.2) is 0 Å². The van der Waals surface area contributed by atoms with Gasteiger partial charge in [-0.25, -0.2) is 4.39 Å². The molecule has 0 saturated heterocycles. The molecular weight excluding hydrogens is 383 g/mol. The summed E-state index contributed by atoms with van der Waals surface area (Å²) in [6.07, 6.45) is 5.16. The molecule has 0 atom stereocenters. The van der Waals surface area contributed by atoms with Crippen LogP contribution in [0.5, 0.6) is 5.75 Å². The summed E-state index contributed by atoms with van der Waals surface area (Å²) in [6, 6.07) is 17.4. The number of carbonyl (C=O) groups is 2. The summed E-state index contributed by atoms with van der Waals surface area (Å²) < 4.78 is 19.2. The summed E-state index contributed by atoms with van der Waals surface area (Å²) in [4.78, 5) is 25.4. The van der Waals surface area contributed by atoms with E-state index in [0.717, 1.165) is 0 Å². The molecule has 3 rings (SSSR count). The first-order chi connectivity index (χ1) is 14.5. The molecule has 0 aliphatic rings. The number of para-hydroxylation sites is 1. The number of halogens is 1. The summed E-state index contributed by atoms with van der Waals surface area (Å²) in [5.74, 6) is 1.27. The number of benzene rings is 3. The van der Waals surface area contributed by atoms with Gasteiger partial charge in [-0.2, -0.15) is 0 Å². The van der Waals surface area contributed by atoms with Crippen molar-refractivity contribution in [2.24, 2.45) is 0 Å². The lowest BCUT2D eigenvalue weighted by molar-refractivity contribution is 0.102. The second-order valence-electron chi connectivity index (χ2n) is 6.40. The Morgan fingerprint density at radius 2 is 1.60 bits per heavy atom. The van der Waals surface area contributed by atoms with E-state index >= 15 is 0 Å². The molecule has 0 saturated carbocycles. The largest absolute Gasteiger partial charge is 0.481 e. The third-order valence-corrected chi connectivity index (χ3v) is 4.31. The van der Waals surface area contributed by atoms with E-state index in [4.69, 9.17) is 11.2 Å². The zero-order chi connectivity index (χ0) is 21.5. The molecule has 150 valence electrons. The molecule has 0 radical (unpaired) electrons. The molecule has 0 aromatic heterocycles. The fourth-order valence-corrected chi connectivity index (χ4v) is 2.81. The van der Waals surface area contributed by atoms with Gasteiger partial charge in [-0.1, -0.05) is 30.2 Å². The fraction of sp³-hybridized carbons (Fsp3) is 0.0833. The van der Waals surface area contributed by atoms with E-state index in [2.05, 4.69) is 16.6 Å². The summed E-state index contributed by atoms with van der Waals surface area (Å²) in [6.45, 7) is 1.91. The van der Waals surface area contributed by atoms with Crippen LogP contribution < -0.4 is 15.4 Å². The highest BCUT2D eigenvalue weighted by atomic mass is 19.1. The lowest BCUT2D eigenvalue weighted by atomic mass is 10.1. The molecule has 3 aromatic rings. The summed E-state index contributed by atoms with van der Waals surface area (Å²) in [5, 5.41) is 5.43. The molecule has 30 heavy (non-hydrogen) atoms. The van der Waals surface area contributed by atoms with Crippen molar-refractivity contribution in [1.82, 2.24) is 0 Å². The molecule has 5 nitrogen and oxygen atoms in total. The Labute approximate surface area is 173 Å². The van der Waals surface area contributed by atoms with Gasteiger partial charge in [0.1, 0.15) is 18.2 Å². The van der Waals surface area contributed by atoms with Gasteiger partial charge in [0, 0.05) is 5.69 Å². The standard InChI is InChI=1S/C24H19FN2O3/c1-3-15-30-18-13-11-17(12-14-18)26-24(29)20-9-6-7-16(2)22(20)27-23(28)19-8-4-5-10-21(19)25/h1,4-14H,15H2,2H3,(H,26,29)(H,27,28). The van der Waals surface area contributed by atoms with E-state index in [1.165, 1.54) is 18.2 Å². The van der Waals surface area contributed by atoms with Crippen molar-refractivity contribution in [1.29, 1.82) is 0 Å². The highest BCUT2D eigenvalue weighted by Crippen LogP contribution is 2.24. The first-order valence-electron chi connectivity index (χ1n) is 9.12. The highest BCUT2D eigenvalue weighted by molar-refractivity contribution is 6.13. The normalized spacial score (nSPS) is 10.0. The molecular formula is C24H19FN2O3. The maximum Gasteiger partial charge on any atom is 0.258 e. The van der Waals surface area contributed by atoms with Gasteiger partial charge in [0.25, 0.3) is 11.8 Å². The Morgan fingerprint density at radius 3 is 2.30 bits per heavy atom. The molecule has 0 aliphatic carbocycles. The average Bonchev–Trinajstić information content (AvgIpc) is 2.74. The first-order valence-corrected chi connectivity index (χ1v) is 9.12. The monoisotopic (exact) mass is 402 g/mol. The van der Waals surface area contributed by atoms with Crippen LogP contribution in [0.2, 0.25) is 0 Å². The third kappa shape index (κ3) is 4.83. The van der Waals surface area contributed by atoms with Crippen LogP contribution in [0.1, 0.15) is 26.3 Å². The van der Waals surface area contributed by atoms with Crippen LogP contribution >= 0.6 is 0 Å². The molecule has 2 N–H and O–H groups in total. The van der Waals surface area contributed by atoms with Crippen molar-refractivity contribution in [3.8, 4) is 18.1 Å². The van der Waals surface area contributed by atoms with Crippen LogP contribution in [0.15, 0.2) is 66.7 Å². The van der Waals surface area contributed by atoms with Crippen LogP contribution in [-0.4, -0.2) is 18.4 Å². The SMILES string of the molecule is C#CCOc1ccc(NC(=O)c2cccc(C)c2NC(=O)c2ccccc2F)cc1. The molecule has 0 aliphatic heterocycles. The van der Waals surface area contributed by atoms with Crippen LogP contribution in [0.4, 0.5) is 15.8 Å². The van der Waals surface area contributed by atoms with Gasteiger partial charge < -0.3 is 15.4 Å². The minimum Gasteiger partial charge on any atom is -0.481 e. The zero-order valence-corrected chi connectivity index (χ0v) is 16.2. The maximum atomic E-state index is 13.9. The van der Waals surface area contributed by atoms with Crippen LogP contribution in [0.3, 0.4) is 0 Å². The number of hydrogen-bond acceptors (Lipinski definition) is 3. The molecule has 0 bridgehead atoms. The predicted molar refractivity (Wildman–Crippen MR) is 114 cm³/mol. The zero-order valence-electron chi connectivity index (χ0n) is 16.2. The summed E-state index contributed by atoms with van der Waals surface area (Å²) >= 11 is 0. The molecule has 0 unspecified atom stereocenters. The Kier molecular flexibility index (Phi) is 6.46. The molecule has 2 amide bonds. The lowest BCUT2D eigenvalue weighted by Crippen LogP contribution is -2.20. The fourth-order valence-electron chi connectivity index (χ4n) is 2.81. The van der Waals surface area contributed by atoms with Gasteiger partial charge in [-0.05, 0) is 55.0 Å². The first kappa shape index (κ1) is 20.6. The van der Waals surface area contributed by atoms with Crippen LogP contribution in [0.25, 0.3) is 0 Å². The molecule has 0 spiro atoms. The van der Waals surface area contributed by atoms with Crippen molar-refractivity contribution >= 4 is 23.2 Å². The molecule has 0 fully saturated rings. The highest BCUT2D eigenvalue weighted by Gasteiger charge is 2.18. The van der Waals surface area contributed by atoms with E-state index in [1.54, 1.807) is 55.5 Å². The van der Waals surface area contributed by atoms with Gasteiger partial charge in [-0.3, -0.25) is 9.59 Å². The maximum absolute atomic E-state index is 13.9. The van der Waals surface area contributed by atoms with Crippen molar-refractivity contribution < 1.29 is 18.7 Å². The van der Waals surface area contributed by atoms with Crippen LogP contribution in [0, 0.1) is 25.1 Å². The summed E-state index contributed by atoms with van der Waals surface area (Å²) in [7, 11) is 0. The van der Waals surface area contributed by atoms with Gasteiger partial charge in [0.2, 0.25) is 0 Å². The number of nitrogens with one attached hydrogen (secondary N) is 2. The van der Waals surface area contributed by atoms with Gasteiger partial charge in [0.05, 0.1) is 16.8 Å². The Hall–Kier alpha value is -4.11.